The average Bonchev–Trinajstić information content (AvgIpc) is 2.97. The summed E-state index contributed by atoms with van der Waals surface area (Å²) in [7, 11) is 0. The van der Waals surface area contributed by atoms with Crippen molar-refractivity contribution in [2.75, 3.05) is 0 Å². The molecule has 3 N–H and O–H groups in total. The lowest BCUT2D eigenvalue weighted by atomic mass is 10.0. The number of nitrogens with two attached hydrogens (primary N) is 1. The van der Waals surface area contributed by atoms with Gasteiger partial charge >= 0.3 is 0 Å². The maximum atomic E-state index is 11.2. The van der Waals surface area contributed by atoms with Gasteiger partial charge in [-0.25, -0.2) is 10.1 Å². The van der Waals surface area contributed by atoms with Crippen molar-refractivity contribution < 1.29 is 14.4 Å². The first-order valence-electron chi connectivity index (χ1n) is 6.91. The van der Waals surface area contributed by atoms with Crippen LogP contribution in [0.15, 0.2) is 38.9 Å². The first-order valence-corrected chi connectivity index (χ1v) is 6.91. The van der Waals surface area contributed by atoms with Crippen molar-refractivity contribution in [1.29, 1.82) is 0 Å². The number of nitro benzene ring substituents is 1. The Morgan fingerprint density at radius 2 is 1.92 bits per heavy atom. The highest BCUT2D eigenvalue weighted by Gasteiger charge is 2.19. The summed E-state index contributed by atoms with van der Waals surface area (Å²) in [4.78, 5) is 20.9. The number of hydrazine groups is 1. The van der Waals surface area contributed by atoms with Crippen molar-refractivity contribution in [3.05, 3.63) is 61.4 Å². The van der Waals surface area contributed by atoms with E-state index in [1.807, 2.05) is 6.92 Å². The van der Waals surface area contributed by atoms with Crippen LogP contribution in [0.2, 0.25) is 0 Å². The predicted molar refractivity (Wildman–Crippen MR) is 89.6 cm³/mol. The Kier molecular flexibility index (Phi) is 5.07. The molecule has 0 unspecified atom stereocenters. The van der Waals surface area contributed by atoms with E-state index in [-0.39, 0.29) is 17.2 Å². The van der Waals surface area contributed by atoms with Crippen LogP contribution in [-0.2, 0) is 0 Å². The fourth-order valence-electron chi connectivity index (χ4n) is 1.98. The van der Waals surface area contributed by atoms with Gasteiger partial charge < -0.3 is 10.2 Å². The van der Waals surface area contributed by atoms with E-state index in [9.17, 15) is 20.2 Å². The van der Waals surface area contributed by atoms with Crippen molar-refractivity contribution in [1.82, 2.24) is 5.43 Å². The van der Waals surface area contributed by atoms with Gasteiger partial charge in [0.25, 0.3) is 11.6 Å². The van der Waals surface area contributed by atoms with Crippen LogP contribution in [-0.4, -0.2) is 22.1 Å². The molecule has 1 aromatic heterocycles. The number of benzene rings is 1. The standard InChI is InChI=1S/C14H14N6O5/c1-8-5-11(12(19(21)22)6-9(8)2)13-4-3-10(25-13)7-16-17-14(15)18-20(23)24/h3-7H,1-2H3,(H3,15,17,18). The number of nitro groups is 2. The molecule has 0 radical (unpaired) electrons. The smallest absolute Gasteiger partial charge is 0.280 e. The van der Waals surface area contributed by atoms with Gasteiger partial charge in [-0.15, -0.1) is 5.10 Å². The number of guanidine groups is 1. The maximum Gasteiger partial charge on any atom is 0.280 e. The summed E-state index contributed by atoms with van der Waals surface area (Å²) < 4.78 is 5.50. The molecule has 0 aliphatic rings. The van der Waals surface area contributed by atoms with Crippen molar-refractivity contribution >= 4 is 17.9 Å². The van der Waals surface area contributed by atoms with E-state index in [0.29, 0.717) is 5.56 Å². The first kappa shape index (κ1) is 17.6. The molecule has 11 nitrogen and oxygen atoms in total. The fourth-order valence-corrected chi connectivity index (χ4v) is 1.98. The van der Waals surface area contributed by atoms with Gasteiger partial charge in [0.1, 0.15) is 11.5 Å². The number of hydrogen-bond acceptors (Lipinski definition) is 7. The molecule has 0 fully saturated rings. The number of nitrogens with zero attached hydrogens (tertiary/aromatic N) is 4. The highest BCUT2D eigenvalue weighted by atomic mass is 16.7. The molecule has 2 aromatic rings. The van der Waals surface area contributed by atoms with E-state index in [1.165, 1.54) is 18.3 Å². The third kappa shape index (κ3) is 4.37. The molecular formula is C14H14N6O5. The maximum absolute atomic E-state index is 11.2. The number of hydrogen-bond donors (Lipinski definition) is 2. The second-order valence-corrected chi connectivity index (χ2v) is 5.01. The minimum Gasteiger partial charge on any atom is -0.455 e. The molecule has 0 saturated carbocycles. The Labute approximate surface area is 141 Å². The lowest BCUT2D eigenvalue weighted by Gasteiger charge is -2.04. The molecule has 1 heterocycles. The van der Waals surface area contributed by atoms with Crippen molar-refractivity contribution in [3.63, 3.8) is 0 Å². The summed E-state index contributed by atoms with van der Waals surface area (Å²) >= 11 is 0. The quantitative estimate of drug-likeness (QED) is 0.361. The number of aryl methyl sites for hydroxylation is 2. The molecule has 0 bridgehead atoms. The molecular weight excluding hydrogens is 332 g/mol. The van der Waals surface area contributed by atoms with E-state index in [1.54, 1.807) is 24.5 Å². The molecule has 0 aliphatic heterocycles. The summed E-state index contributed by atoms with van der Waals surface area (Å²) in [5, 5.41) is 27.4. The Morgan fingerprint density at radius 3 is 2.56 bits per heavy atom. The predicted octanol–water partition coefficient (Wildman–Crippen LogP) is 1.90. The highest BCUT2D eigenvalue weighted by Crippen LogP contribution is 2.33. The third-order valence-electron chi connectivity index (χ3n) is 3.26. The van der Waals surface area contributed by atoms with Crippen molar-refractivity contribution in [3.8, 4) is 11.3 Å². The van der Waals surface area contributed by atoms with Crippen LogP contribution in [0.1, 0.15) is 16.9 Å². The van der Waals surface area contributed by atoms with Crippen LogP contribution in [0.3, 0.4) is 0 Å². The molecule has 1 aromatic carbocycles. The van der Waals surface area contributed by atoms with Gasteiger partial charge in [-0.1, -0.05) is 5.43 Å². The van der Waals surface area contributed by atoms with E-state index < -0.39 is 15.9 Å². The van der Waals surface area contributed by atoms with Gasteiger partial charge in [0, 0.05) is 6.07 Å². The van der Waals surface area contributed by atoms with Gasteiger partial charge in [-0.05, 0) is 43.2 Å². The number of nitrogens with one attached hydrogen (secondary N) is 1. The van der Waals surface area contributed by atoms with Gasteiger partial charge in [0.15, 0.2) is 5.03 Å². The minimum absolute atomic E-state index is 0.0709. The largest absolute Gasteiger partial charge is 0.455 e. The minimum atomic E-state index is -0.877. The van der Waals surface area contributed by atoms with Crippen LogP contribution in [0, 0.1) is 34.1 Å². The molecule has 0 atom stereocenters. The summed E-state index contributed by atoms with van der Waals surface area (Å²) in [6.45, 7) is 3.63. The van der Waals surface area contributed by atoms with E-state index >= 15 is 0 Å². The molecule has 0 saturated heterocycles. The lowest BCUT2D eigenvalue weighted by Crippen LogP contribution is -2.35. The zero-order valence-electron chi connectivity index (χ0n) is 13.3. The Hall–Kier alpha value is -3.76. The average molecular weight is 346 g/mol. The zero-order valence-corrected chi connectivity index (χ0v) is 13.3. The Morgan fingerprint density at radius 1 is 1.24 bits per heavy atom. The molecule has 2 rings (SSSR count). The molecule has 11 heteroatoms. The molecule has 0 aliphatic carbocycles. The summed E-state index contributed by atoms with van der Waals surface area (Å²) in [5.74, 6) is 0.0367. The second-order valence-electron chi connectivity index (χ2n) is 5.01. The molecule has 0 amide bonds. The Balaban J connectivity index is 2.29. The SMILES string of the molecule is Cc1cc(-c2ccc(C=NN=C(N)N[N+](=O)[O-])o2)c([N+](=O)[O-])cc1C. The van der Waals surface area contributed by atoms with Crippen LogP contribution in [0.25, 0.3) is 11.3 Å². The fraction of sp³-hybridized carbons (Fsp3) is 0.143. The molecule has 0 spiro atoms. The second kappa shape index (κ2) is 7.21. The first-order chi connectivity index (χ1) is 11.8. The summed E-state index contributed by atoms with van der Waals surface area (Å²) in [6, 6.07) is 6.24. The zero-order chi connectivity index (χ0) is 18.6. The van der Waals surface area contributed by atoms with Gasteiger partial charge in [0.2, 0.25) is 0 Å². The Bertz CT molecular complexity index is 886. The number of furan rings is 1. The topological polar surface area (TPSA) is 162 Å². The highest BCUT2D eigenvalue weighted by molar-refractivity contribution is 5.81. The summed E-state index contributed by atoms with van der Waals surface area (Å²) in [6.07, 6.45) is 1.17. The van der Waals surface area contributed by atoms with E-state index in [2.05, 4.69) is 10.2 Å². The molecule has 25 heavy (non-hydrogen) atoms. The van der Waals surface area contributed by atoms with Crippen molar-refractivity contribution in [2.45, 2.75) is 13.8 Å². The van der Waals surface area contributed by atoms with Gasteiger partial charge in [0.05, 0.1) is 16.7 Å². The van der Waals surface area contributed by atoms with Crippen LogP contribution < -0.4 is 11.2 Å². The van der Waals surface area contributed by atoms with Crippen LogP contribution >= 0.6 is 0 Å². The van der Waals surface area contributed by atoms with Gasteiger partial charge in [-0.2, -0.15) is 5.10 Å². The molecule has 130 valence electrons. The normalized spacial score (nSPS) is 11.7. The van der Waals surface area contributed by atoms with E-state index in [0.717, 1.165) is 11.1 Å². The van der Waals surface area contributed by atoms with Crippen molar-refractivity contribution in [2.24, 2.45) is 15.9 Å². The third-order valence-corrected chi connectivity index (χ3v) is 3.26. The number of rotatable bonds is 5. The van der Waals surface area contributed by atoms with E-state index in [4.69, 9.17) is 10.2 Å². The van der Waals surface area contributed by atoms with Gasteiger partial charge in [-0.3, -0.25) is 10.1 Å². The van der Waals surface area contributed by atoms with Crippen LogP contribution in [0.4, 0.5) is 5.69 Å². The monoisotopic (exact) mass is 346 g/mol. The lowest BCUT2D eigenvalue weighted by molar-refractivity contribution is -0.525. The summed E-state index contributed by atoms with van der Waals surface area (Å²) in [5.41, 5.74) is 8.77. The van der Waals surface area contributed by atoms with Crippen LogP contribution in [0.5, 0.6) is 0 Å².